The summed E-state index contributed by atoms with van der Waals surface area (Å²) in [6.45, 7) is 1.25. The molecule has 1 aromatic carbocycles. The molecule has 1 amide bonds. The fraction of sp³-hybridized carbons (Fsp3) is 0.188. The molecule has 0 aliphatic carbocycles. The summed E-state index contributed by atoms with van der Waals surface area (Å²) >= 11 is 0. The lowest BCUT2D eigenvalue weighted by Crippen LogP contribution is -2.21. The van der Waals surface area contributed by atoms with Gasteiger partial charge in [-0.2, -0.15) is 23.4 Å². The van der Waals surface area contributed by atoms with E-state index in [1.165, 1.54) is 28.9 Å². The highest BCUT2D eigenvalue weighted by Gasteiger charge is 2.33. The van der Waals surface area contributed by atoms with Crippen LogP contribution in [0.25, 0.3) is 5.69 Å². The molecule has 0 radical (unpaired) electrons. The molecule has 0 unspecified atom stereocenters. The fourth-order valence-electron chi connectivity index (χ4n) is 2.43. The van der Waals surface area contributed by atoms with Crippen LogP contribution in [0.4, 0.5) is 24.7 Å². The van der Waals surface area contributed by atoms with Gasteiger partial charge in [0.15, 0.2) is 5.69 Å². The third-order valence-electron chi connectivity index (χ3n) is 3.64. The molecule has 0 aliphatic rings. The van der Waals surface area contributed by atoms with E-state index < -0.39 is 29.2 Å². The van der Waals surface area contributed by atoms with Gasteiger partial charge in [-0.3, -0.25) is 19.6 Å². The molecule has 0 bridgehead atoms. The first-order valence-electron chi connectivity index (χ1n) is 7.85. The molecule has 0 atom stereocenters. The number of amides is 1. The molecule has 3 aromatic rings. The van der Waals surface area contributed by atoms with Crippen LogP contribution in [0.15, 0.2) is 42.6 Å². The van der Waals surface area contributed by atoms with Gasteiger partial charge in [-0.15, -0.1) is 0 Å². The number of hydrogen-bond donors (Lipinski definition) is 1. The van der Waals surface area contributed by atoms with Crippen molar-refractivity contribution < 1.29 is 22.9 Å². The Balaban J connectivity index is 1.76. The normalized spacial score (nSPS) is 11.4. The lowest BCUT2D eigenvalue weighted by molar-refractivity contribution is -0.384. The number of nitro benzene ring substituents is 1. The number of nitro groups is 1. The second-order valence-corrected chi connectivity index (χ2v) is 5.80. The van der Waals surface area contributed by atoms with E-state index in [0.29, 0.717) is 11.4 Å². The maximum absolute atomic E-state index is 12.6. The van der Waals surface area contributed by atoms with Crippen molar-refractivity contribution in [3.05, 3.63) is 64.1 Å². The minimum Gasteiger partial charge on any atom is -0.309 e. The Hall–Kier alpha value is -3.70. The molecule has 0 aliphatic heterocycles. The standard InChI is InChI=1S/C16H13F3N6O3/c1-10-8-14(24(21-10)11-2-4-12(5-3-11)25(27)28)20-15(26)9-23-7-6-13(22-23)16(17,18)19/h2-8H,9H2,1H3,(H,20,26). The molecule has 146 valence electrons. The maximum atomic E-state index is 12.6. The SMILES string of the molecule is Cc1cc(NC(=O)Cn2ccc(C(F)(F)F)n2)n(-c2ccc([N+](=O)[O-])cc2)n1. The number of anilines is 1. The van der Waals surface area contributed by atoms with Crippen molar-refractivity contribution in [1.29, 1.82) is 0 Å². The molecule has 2 aromatic heterocycles. The topological polar surface area (TPSA) is 108 Å². The highest BCUT2D eigenvalue weighted by Crippen LogP contribution is 2.27. The fourth-order valence-corrected chi connectivity index (χ4v) is 2.43. The van der Waals surface area contributed by atoms with Crippen LogP contribution < -0.4 is 5.32 Å². The molecule has 0 saturated carbocycles. The van der Waals surface area contributed by atoms with Gasteiger partial charge in [0.25, 0.3) is 5.69 Å². The van der Waals surface area contributed by atoms with Crippen molar-refractivity contribution >= 4 is 17.4 Å². The van der Waals surface area contributed by atoms with Gasteiger partial charge in [0.05, 0.1) is 16.3 Å². The van der Waals surface area contributed by atoms with Gasteiger partial charge in [0, 0.05) is 24.4 Å². The Morgan fingerprint density at radius 2 is 1.89 bits per heavy atom. The summed E-state index contributed by atoms with van der Waals surface area (Å²) < 4.78 is 40.0. The van der Waals surface area contributed by atoms with Crippen LogP contribution >= 0.6 is 0 Å². The average Bonchev–Trinajstić information content (AvgIpc) is 3.21. The van der Waals surface area contributed by atoms with E-state index in [9.17, 15) is 28.1 Å². The van der Waals surface area contributed by atoms with Gasteiger partial charge < -0.3 is 5.32 Å². The van der Waals surface area contributed by atoms with E-state index in [0.717, 1.165) is 16.9 Å². The lowest BCUT2D eigenvalue weighted by atomic mass is 10.3. The van der Waals surface area contributed by atoms with E-state index in [4.69, 9.17) is 0 Å². The number of nitrogens with zero attached hydrogens (tertiary/aromatic N) is 5. The zero-order valence-corrected chi connectivity index (χ0v) is 14.3. The number of halogens is 3. The molecular formula is C16H13F3N6O3. The molecule has 1 N–H and O–H groups in total. The summed E-state index contributed by atoms with van der Waals surface area (Å²) in [6.07, 6.45) is -3.53. The molecule has 0 saturated heterocycles. The smallest absolute Gasteiger partial charge is 0.309 e. The Bertz CT molecular complexity index is 1020. The van der Waals surface area contributed by atoms with Crippen molar-refractivity contribution in [1.82, 2.24) is 19.6 Å². The number of nitrogens with one attached hydrogen (secondary N) is 1. The number of aromatic nitrogens is 4. The number of hydrogen-bond acceptors (Lipinski definition) is 5. The van der Waals surface area contributed by atoms with Gasteiger partial charge in [-0.25, -0.2) is 4.68 Å². The average molecular weight is 394 g/mol. The third-order valence-corrected chi connectivity index (χ3v) is 3.64. The first kappa shape index (κ1) is 19.1. The summed E-state index contributed by atoms with van der Waals surface area (Å²) in [4.78, 5) is 22.4. The largest absolute Gasteiger partial charge is 0.435 e. The molecule has 2 heterocycles. The number of non-ortho nitro benzene ring substituents is 1. The van der Waals surface area contributed by atoms with Gasteiger partial charge >= 0.3 is 6.18 Å². The maximum Gasteiger partial charge on any atom is 0.435 e. The Morgan fingerprint density at radius 1 is 1.21 bits per heavy atom. The zero-order valence-electron chi connectivity index (χ0n) is 14.3. The van der Waals surface area contributed by atoms with Crippen molar-refractivity contribution in [2.45, 2.75) is 19.6 Å². The van der Waals surface area contributed by atoms with Crippen LogP contribution in [0.3, 0.4) is 0 Å². The monoisotopic (exact) mass is 394 g/mol. The van der Waals surface area contributed by atoms with Gasteiger partial charge in [-0.05, 0) is 25.1 Å². The van der Waals surface area contributed by atoms with Crippen LogP contribution in [-0.2, 0) is 17.5 Å². The summed E-state index contributed by atoms with van der Waals surface area (Å²) in [6, 6.07) is 7.84. The van der Waals surface area contributed by atoms with E-state index >= 15 is 0 Å². The van der Waals surface area contributed by atoms with Crippen molar-refractivity contribution in [2.75, 3.05) is 5.32 Å². The first-order valence-corrected chi connectivity index (χ1v) is 7.85. The summed E-state index contributed by atoms with van der Waals surface area (Å²) in [5, 5.41) is 20.8. The van der Waals surface area contributed by atoms with Crippen molar-refractivity contribution in [3.63, 3.8) is 0 Å². The predicted molar refractivity (Wildman–Crippen MR) is 90.8 cm³/mol. The van der Waals surface area contributed by atoms with Crippen molar-refractivity contribution in [2.24, 2.45) is 0 Å². The first-order chi connectivity index (χ1) is 13.1. The van der Waals surface area contributed by atoms with Gasteiger partial charge in [-0.1, -0.05) is 0 Å². The van der Waals surface area contributed by atoms with Crippen LogP contribution in [0.2, 0.25) is 0 Å². The molecule has 3 rings (SSSR count). The number of carbonyl (C=O) groups excluding carboxylic acids is 1. The Kier molecular flexibility index (Phi) is 4.86. The molecular weight excluding hydrogens is 381 g/mol. The van der Waals surface area contributed by atoms with Crippen LogP contribution in [0.1, 0.15) is 11.4 Å². The molecule has 0 fully saturated rings. The molecule has 9 nitrogen and oxygen atoms in total. The summed E-state index contributed by atoms with van der Waals surface area (Å²) in [7, 11) is 0. The Labute approximate surface area is 155 Å². The predicted octanol–water partition coefficient (Wildman–Crippen LogP) is 2.94. The number of aryl methyl sites for hydroxylation is 1. The highest BCUT2D eigenvalue weighted by atomic mass is 19.4. The molecule has 0 spiro atoms. The third kappa shape index (κ3) is 4.16. The quantitative estimate of drug-likeness (QED) is 0.529. The minimum absolute atomic E-state index is 0.0997. The number of alkyl halides is 3. The van der Waals surface area contributed by atoms with Crippen molar-refractivity contribution in [3.8, 4) is 5.69 Å². The van der Waals surface area contributed by atoms with E-state index in [1.807, 2.05) is 0 Å². The lowest BCUT2D eigenvalue weighted by Gasteiger charge is -2.09. The second kappa shape index (κ2) is 7.13. The van der Waals surface area contributed by atoms with E-state index in [1.54, 1.807) is 13.0 Å². The Morgan fingerprint density at radius 3 is 2.46 bits per heavy atom. The van der Waals surface area contributed by atoms with E-state index in [2.05, 4.69) is 15.5 Å². The summed E-state index contributed by atoms with van der Waals surface area (Å²) in [5.74, 6) is -0.348. The van der Waals surface area contributed by atoms with Crippen LogP contribution in [0.5, 0.6) is 0 Å². The summed E-state index contributed by atoms with van der Waals surface area (Å²) in [5.41, 5.74) is -0.163. The minimum atomic E-state index is -4.59. The van der Waals surface area contributed by atoms with Gasteiger partial charge in [0.2, 0.25) is 5.91 Å². The highest BCUT2D eigenvalue weighted by molar-refractivity contribution is 5.90. The van der Waals surface area contributed by atoms with Gasteiger partial charge in [0.1, 0.15) is 12.4 Å². The zero-order chi connectivity index (χ0) is 20.5. The molecule has 28 heavy (non-hydrogen) atoms. The second-order valence-electron chi connectivity index (χ2n) is 5.80. The van der Waals surface area contributed by atoms with Crippen LogP contribution in [-0.4, -0.2) is 30.4 Å². The van der Waals surface area contributed by atoms with Crippen LogP contribution in [0, 0.1) is 17.0 Å². The number of carbonyl (C=O) groups is 1. The number of rotatable bonds is 5. The van der Waals surface area contributed by atoms with E-state index in [-0.39, 0.29) is 11.5 Å². The number of benzene rings is 1. The molecule has 12 heteroatoms.